The van der Waals surface area contributed by atoms with Crippen molar-refractivity contribution in [2.24, 2.45) is 11.3 Å². The zero-order valence-corrected chi connectivity index (χ0v) is 21.3. The summed E-state index contributed by atoms with van der Waals surface area (Å²) < 4.78 is 11.8. The van der Waals surface area contributed by atoms with Gasteiger partial charge in [0.15, 0.2) is 16.3 Å². The zero-order valence-electron chi connectivity index (χ0n) is 20.4. The van der Waals surface area contributed by atoms with Crippen molar-refractivity contribution in [2.45, 2.75) is 53.0 Å². The van der Waals surface area contributed by atoms with Gasteiger partial charge in [-0.25, -0.2) is 4.68 Å². The highest BCUT2D eigenvalue weighted by molar-refractivity contribution is 7.18. The molecule has 4 rings (SSSR count). The van der Waals surface area contributed by atoms with E-state index in [1.54, 1.807) is 25.6 Å². The molecule has 1 atom stereocenters. The molecule has 0 saturated heterocycles. The Bertz CT molecular complexity index is 1260. The summed E-state index contributed by atoms with van der Waals surface area (Å²) in [6.45, 7) is 7.09. The number of hydrogen-bond donors (Lipinski definition) is 1. The quantitative estimate of drug-likeness (QED) is 0.552. The van der Waals surface area contributed by atoms with Crippen molar-refractivity contribution in [1.82, 2.24) is 20.3 Å². The van der Waals surface area contributed by atoms with Crippen LogP contribution >= 0.6 is 11.3 Å². The number of carbonyl (C=O) groups excluding carboxylic acids is 1. The molecule has 1 aromatic carbocycles. The summed E-state index contributed by atoms with van der Waals surface area (Å²) in [6.07, 6.45) is 3.52. The first-order valence-electron chi connectivity index (χ1n) is 11.6. The lowest BCUT2D eigenvalue weighted by molar-refractivity contribution is -0.121. The number of thiophene rings is 1. The van der Waals surface area contributed by atoms with Gasteiger partial charge in [0.25, 0.3) is 5.56 Å². The summed E-state index contributed by atoms with van der Waals surface area (Å²) in [5, 5.41) is 11.8. The van der Waals surface area contributed by atoms with Crippen LogP contribution in [0.15, 0.2) is 23.0 Å². The minimum atomic E-state index is -0.270. The van der Waals surface area contributed by atoms with Crippen molar-refractivity contribution in [2.75, 3.05) is 20.8 Å². The minimum absolute atomic E-state index is 0.150. The molecule has 0 unspecified atom stereocenters. The average Bonchev–Trinajstić information content (AvgIpc) is 3.18. The number of hydrogen-bond acceptors (Lipinski definition) is 7. The van der Waals surface area contributed by atoms with Gasteiger partial charge in [0.1, 0.15) is 6.54 Å². The maximum Gasteiger partial charge on any atom is 0.279 e. The van der Waals surface area contributed by atoms with Gasteiger partial charge in [-0.15, -0.1) is 16.4 Å². The normalized spacial score (nSPS) is 15.7. The van der Waals surface area contributed by atoms with Crippen LogP contribution in [0.4, 0.5) is 0 Å². The van der Waals surface area contributed by atoms with Crippen LogP contribution in [0.5, 0.6) is 11.5 Å². The van der Waals surface area contributed by atoms with Gasteiger partial charge in [-0.3, -0.25) is 9.59 Å². The van der Waals surface area contributed by atoms with Crippen LogP contribution in [0.3, 0.4) is 0 Å². The van der Waals surface area contributed by atoms with E-state index in [9.17, 15) is 9.59 Å². The van der Waals surface area contributed by atoms with Gasteiger partial charge in [0.05, 0.1) is 19.6 Å². The lowest BCUT2D eigenvalue weighted by atomic mass is 9.72. The van der Waals surface area contributed by atoms with Gasteiger partial charge in [-0.05, 0) is 60.3 Å². The number of aryl methyl sites for hydroxylation is 1. The fraction of sp³-hybridized carbons (Fsp3) is 0.520. The molecule has 1 N–H and O–H groups in total. The van der Waals surface area contributed by atoms with Gasteiger partial charge in [-0.2, -0.15) is 0 Å². The van der Waals surface area contributed by atoms with Crippen LogP contribution in [0, 0.1) is 11.3 Å². The molecule has 2 aromatic heterocycles. The minimum Gasteiger partial charge on any atom is -0.493 e. The molecule has 1 aliphatic rings. The monoisotopic (exact) mass is 484 g/mol. The first-order valence-corrected chi connectivity index (χ1v) is 12.4. The third kappa shape index (κ3) is 4.94. The molecular formula is C25H32N4O4S. The number of nitrogens with one attached hydrogen (secondary N) is 1. The molecule has 2 heterocycles. The summed E-state index contributed by atoms with van der Waals surface area (Å²) in [6, 6.07) is 5.66. The van der Waals surface area contributed by atoms with Crippen molar-refractivity contribution >= 4 is 27.5 Å². The second-order valence-corrected chi connectivity index (χ2v) is 10.9. The van der Waals surface area contributed by atoms with Crippen molar-refractivity contribution in [3.63, 3.8) is 0 Å². The third-order valence-corrected chi connectivity index (χ3v) is 7.78. The molecule has 1 aliphatic carbocycles. The van der Waals surface area contributed by atoms with Crippen LogP contribution < -0.4 is 20.3 Å². The molecule has 0 bridgehead atoms. The van der Waals surface area contributed by atoms with E-state index in [0.717, 1.165) is 30.4 Å². The Morgan fingerprint density at radius 3 is 2.71 bits per heavy atom. The molecular weight excluding hydrogens is 452 g/mol. The number of amides is 1. The topological polar surface area (TPSA) is 95.3 Å². The van der Waals surface area contributed by atoms with Gasteiger partial charge in [0.2, 0.25) is 5.91 Å². The van der Waals surface area contributed by atoms with E-state index in [1.165, 1.54) is 9.56 Å². The molecule has 0 radical (unpaired) electrons. The fourth-order valence-electron chi connectivity index (χ4n) is 4.54. The molecule has 34 heavy (non-hydrogen) atoms. The number of carbonyl (C=O) groups is 1. The van der Waals surface area contributed by atoms with Crippen LogP contribution in [0.1, 0.15) is 43.2 Å². The standard InChI is InChI=1S/C25H32N4O4S/c1-25(2,3)16-7-8-17-20(13-16)34-23-22(17)24(31)29(28-27-23)14-21(30)26-11-10-15-6-9-18(32-4)19(12-15)33-5/h6,9,12,16H,7-8,10-11,13-14H2,1-5H3,(H,26,30)/t16-/m0/s1. The summed E-state index contributed by atoms with van der Waals surface area (Å²) in [4.78, 5) is 27.6. The zero-order chi connectivity index (χ0) is 24.5. The highest BCUT2D eigenvalue weighted by Gasteiger charge is 2.32. The summed E-state index contributed by atoms with van der Waals surface area (Å²) in [7, 11) is 3.18. The Balaban J connectivity index is 1.42. The van der Waals surface area contributed by atoms with E-state index in [2.05, 4.69) is 36.4 Å². The van der Waals surface area contributed by atoms with Crippen molar-refractivity contribution in [1.29, 1.82) is 0 Å². The largest absolute Gasteiger partial charge is 0.493 e. The summed E-state index contributed by atoms with van der Waals surface area (Å²) in [5.41, 5.74) is 2.11. The number of benzene rings is 1. The first-order chi connectivity index (χ1) is 16.2. The van der Waals surface area contributed by atoms with Gasteiger partial charge in [0, 0.05) is 11.4 Å². The molecule has 0 fully saturated rings. The van der Waals surface area contributed by atoms with Gasteiger partial charge in [-0.1, -0.05) is 32.1 Å². The molecule has 9 heteroatoms. The van der Waals surface area contributed by atoms with Gasteiger partial charge < -0.3 is 14.8 Å². The number of aromatic nitrogens is 3. The van der Waals surface area contributed by atoms with E-state index < -0.39 is 0 Å². The van der Waals surface area contributed by atoms with Crippen molar-refractivity contribution in [3.8, 4) is 11.5 Å². The smallest absolute Gasteiger partial charge is 0.279 e. The van der Waals surface area contributed by atoms with E-state index in [1.807, 2.05) is 18.2 Å². The molecule has 0 spiro atoms. The van der Waals surface area contributed by atoms with Crippen LogP contribution in [0.25, 0.3) is 10.2 Å². The van der Waals surface area contributed by atoms with Crippen molar-refractivity contribution < 1.29 is 14.3 Å². The molecule has 0 aliphatic heterocycles. The SMILES string of the molecule is COc1ccc(CCNC(=O)Cn2nnc3sc4c(c3c2=O)CC[C@H](C(C)(C)C)C4)cc1OC. The number of fused-ring (bicyclic) bond motifs is 3. The molecule has 8 nitrogen and oxygen atoms in total. The fourth-order valence-corrected chi connectivity index (χ4v) is 5.78. The van der Waals surface area contributed by atoms with Crippen LogP contribution in [0.2, 0.25) is 0 Å². The summed E-state index contributed by atoms with van der Waals surface area (Å²) in [5.74, 6) is 1.62. The van der Waals surface area contributed by atoms with E-state index >= 15 is 0 Å². The lowest BCUT2D eigenvalue weighted by Crippen LogP contribution is -2.35. The number of methoxy groups -OCH3 is 2. The second-order valence-electron chi connectivity index (χ2n) is 9.83. The Morgan fingerprint density at radius 1 is 1.24 bits per heavy atom. The number of ether oxygens (including phenoxy) is 2. The molecule has 0 saturated carbocycles. The van der Waals surface area contributed by atoms with Crippen molar-refractivity contribution in [3.05, 3.63) is 44.6 Å². The maximum absolute atomic E-state index is 13.2. The number of rotatable bonds is 7. The predicted molar refractivity (Wildman–Crippen MR) is 133 cm³/mol. The van der Waals surface area contributed by atoms with Crippen LogP contribution in [-0.2, 0) is 30.6 Å². The Hall–Kier alpha value is -2.94. The maximum atomic E-state index is 13.2. The van der Waals surface area contributed by atoms with Gasteiger partial charge >= 0.3 is 0 Å². The highest BCUT2D eigenvalue weighted by Crippen LogP contribution is 2.41. The highest BCUT2D eigenvalue weighted by atomic mass is 32.1. The Kier molecular flexibility index (Phi) is 6.93. The Morgan fingerprint density at radius 2 is 2.00 bits per heavy atom. The lowest BCUT2D eigenvalue weighted by Gasteiger charge is -2.33. The molecule has 3 aromatic rings. The Labute approximate surface area is 203 Å². The van der Waals surface area contributed by atoms with E-state index in [-0.39, 0.29) is 23.4 Å². The summed E-state index contributed by atoms with van der Waals surface area (Å²) >= 11 is 1.57. The number of nitrogens with zero attached hydrogens (tertiary/aromatic N) is 3. The predicted octanol–water partition coefficient (Wildman–Crippen LogP) is 3.38. The molecule has 182 valence electrons. The second kappa shape index (κ2) is 9.74. The van der Waals surface area contributed by atoms with E-state index in [4.69, 9.17) is 9.47 Å². The van der Waals surface area contributed by atoms with E-state index in [0.29, 0.717) is 40.6 Å². The average molecular weight is 485 g/mol. The molecule has 1 amide bonds. The third-order valence-electron chi connectivity index (χ3n) is 6.64. The first kappa shape index (κ1) is 24.2. The van der Waals surface area contributed by atoms with Crippen LogP contribution in [-0.4, -0.2) is 41.7 Å².